The van der Waals surface area contributed by atoms with Crippen molar-refractivity contribution in [3.8, 4) is 11.8 Å². The van der Waals surface area contributed by atoms with Crippen LogP contribution in [0, 0.1) is 11.8 Å². The SMILES string of the molecule is CC(C)(C)OC(=O)NCCC#Cc1ccc2c(c1)NC(=O)C2. The summed E-state index contributed by atoms with van der Waals surface area (Å²) in [6.07, 6.45) is 0.528. The molecule has 0 radical (unpaired) electrons. The maximum Gasteiger partial charge on any atom is 0.407 e. The van der Waals surface area contributed by atoms with Crippen molar-refractivity contribution in [1.29, 1.82) is 0 Å². The van der Waals surface area contributed by atoms with Crippen LogP contribution in [-0.2, 0) is 16.0 Å². The zero-order valence-electron chi connectivity index (χ0n) is 13.1. The highest BCUT2D eigenvalue weighted by atomic mass is 16.6. The van der Waals surface area contributed by atoms with Crippen molar-refractivity contribution in [3.63, 3.8) is 0 Å². The van der Waals surface area contributed by atoms with Crippen LogP contribution in [0.25, 0.3) is 0 Å². The Balaban J connectivity index is 1.79. The number of rotatable bonds is 2. The van der Waals surface area contributed by atoms with Crippen LogP contribution >= 0.6 is 0 Å². The van der Waals surface area contributed by atoms with E-state index in [2.05, 4.69) is 22.5 Å². The second kappa shape index (κ2) is 6.52. The van der Waals surface area contributed by atoms with Gasteiger partial charge in [0, 0.05) is 24.2 Å². The maximum absolute atomic E-state index is 11.4. The Morgan fingerprint density at radius 3 is 2.91 bits per heavy atom. The minimum absolute atomic E-state index is 0.0154. The number of carbonyl (C=O) groups excluding carboxylic acids is 2. The number of hydrogen-bond acceptors (Lipinski definition) is 3. The molecule has 1 aliphatic rings. The number of hydrogen-bond donors (Lipinski definition) is 2. The molecule has 0 aliphatic carbocycles. The number of anilines is 1. The lowest BCUT2D eigenvalue weighted by Crippen LogP contribution is -2.32. The van der Waals surface area contributed by atoms with Crippen LogP contribution in [0.3, 0.4) is 0 Å². The summed E-state index contributed by atoms with van der Waals surface area (Å²) in [6.45, 7) is 5.89. The molecular formula is C17H20N2O3. The second-order valence-corrected chi connectivity index (χ2v) is 6.08. The van der Waals surface area contributed by atoms with E-state index in [1.807, 2.05) is 39.0 Å². The average Bonchev–Trinajstić information content (AvgIpc) is 2.75. The van der Waals surface area contributed by atoms with Gasteiger partial charge in [-0.2, -0.15) is 0 Å². The summed E-state index contributed by atoms with van der Waals surface area (Å²) in [5.74, 6) is 6.02. The molecule has 1 heterocycles. The zero-order chi connectivity index (χ0) is 16.2. The van der Waals surface area contributed by atoms with E-state index in [0.29, 0.717) is 19.4 Å². The third-order valence-corrected chi connectivity index (χ3v) is 2.89. The molecule has 0 spiro atoms. The fourth-order valence-corrected chi connectivity index (χ4v) is 2.00. The van der Waals surface area contributed by atoms with E-state index < -0.39 is 11.7 Å². The Kier molecular flexibility index (Phi) is 4.71. The quantitative estimate of drug-likeness (QED) is 0.651. The molecule has 0 atom stereocenters. The van der Waals surface area contributed by atoms with E-state index in [1.165, 1.54) is 0 Å². The highest BCUT2D eigenvalue weighted by Crippen LogP contribution is 2.23. The van der Waals surface area contributed by atoms with Gasteiger partial charge in [0.25, 0.3) is 0 Å². The van der Waals surface area contributed by atoms with E-state index in [-0.39, 0.29) is 5.91 Å². The zero-order valence-corrected chi connectivity index (χ0v) is 13.1. The summed E-state index contributed by atoms with van der Waals surface area (Å²) in [7, 11) is 0. The lowest BCUT2D eigenvalue weighted by Gasteiger charge is -2.19. The second-order valence-electron chi connectivity index (χ2n) is 6.08. The average molecular weight is 300 g/mol. The van der Waals surface area contributed by atoms with Crippen LogP contribution in [0.15, 0.2) is 18.2 Å². The normalized spacial score (nSPS) is 12.8. The van der Waals surface area contributed by atoms with Crippen molar-refractivity contribution >= 4 is 17.7 Å². The third kappa shape index (κ3) is 4.81. The Morgan fingerprint density at radius 2 is 2.18 bits per heavy atom. The topological polar surface area (TPSA) is 67.4 Å². The maximum atomic E-state index is 11.4. The predicted octanol–water partition coefficient (Wildman–Crippen LogP) is 2.45. The van der Waals surface area contributed by atoms with Crippen molar-refractivity contribution in [1.82, 2.24) is 5.32 Å². The molecule has 2 amide bonds. The Morgan fingerprint density at radius 1 is 1.41 bits per heavy atom. The molecule has 0 saturated carbocycles. The molecule has 22 heavy (non-hydrogen) atoms. The number of benzene rings is 1. The number of carbonyl (C=O) groups is 2. The number of nitrogens with one attached hydrogen (secondary N) is 2. The molecule has 0 saturated heterocycles. The molecular weight excluding hydrogens is 280 g/mol. The molecule has 0 aromatic heterocycles. The molecule has 0 fully saturated rings. The van der Waals surface area contributed by atoms with Crippen molar-refractivity contribution in [2.24, 2.45) is 0 Å². The summed E-state index contributed by atoms with van der Waals surface area (Å²) in [5.41, 5.74) is 2.19. The minimum atomic E-state index is -0.495. The number of ether oxygens (including phenoxy) is 1. The number of alkyl carbamates (subject to hydrolysis) is 1. The molecule has 0 unspecified atom stereocenters. The van der Waals surface area contributed by atoms with Gasteiger partial charge in [-0.05, 0) is 38.5 Å². The summed E-state index contributed by atoms with van der Waals surface area (Å²) in [5, 5.41) is 5.45. The van der Waals surface area contributed by atoms with Gasteiger partial charge in [-0.1, -0.05) is 17.9 Å². The summed E-state index contributed by atoms with van der Waals surface area (Å²) in [6, 6.07) is 5.68. The fourth-order valence-electron chi connectivity index (χ4n) is 2.00. The monoisotopic (exact) mass is 300 g/mol. The summed E-state index contributed by atoms with van der Waals surface area (Å²) in [4.78, 5) is 22.7. The molecule has 1 aliphatic heterocycles. The Bertz CT molecular complexity index is 648. The van der Waals surface area contributed by atoms with Crippen LogP contribution < -0.4 is 10.6 Å². The van der Waals surface area contributed by atoms with Crippen LogP contribution in [-0.4, -0.2) is 24.1 Å². The van der Waals surface area contributed by atoms with Gasteiger partial charge >= 0.3 is 6.09 Å². The number of fused-ring (bicyclic) bond motifs is 1. The molecule has 116 valence electrons. The first-order valence-electron chi connectivity index (χ1n) is 7.22. The first-order chi connectivity index (χ1) is 10.3. The first-order valence-corrected chi connectivity index (χ1v) is 7.22. The van der Waals surface area contributed by atoms with Crippen molar-refractivity contribution in [2.75, 3.05) is 11.9 Å². The lowest BCUT2D eigenvalue weighted by atomic mass is 10.1. The largest absolute Gasteiger partial charge is 0.444 e. The smallest absolute Gasteiger partial charge is 0.407 e. The highest BCUT2D eigenvalue weighted by molar-refractivity contribution is 5.99. The summed E-state index contributed by atoms with van der Waals surface area (Å²) < 4.78 is 5.12. The third-order valence-electron chi connectivity index (χ3n) is 2.89. The van der Waals surface area contributed by atoms with Crippen LogP contribution in [0.4, 0.5) is 10.5 Å². The van der Waals surface area contributed by atoms with Gasteiger partial charge in [0.1, 0.15) is 5.60 Å². The van der Waals surface area contributed by atoms with E-state index in [4.69, 9.17) is 4.74 Å². The molecule has 2 rings (SSSR count). The molecule has 1 aromatic carbocycles. The van der Waals surface area contributed by atoms with E-state index >= 15 is 0 Å². The fraction of sp³-hybridized carbons (Fsp3) is 0.412. The molecule has 2 N–H and O–H groups in total. The predicted molar refractivity (Wildman–Crippen MR) is 84.5 cm³/mol. The van der Waals surface area contributed by atoms with Crippen LogP contribution in [0.1, 0.15) is 38.3 Å². The molecule has 5 nitrogen and oxygen atoms in total. The van der Waals surface area contributed by atoms with E-state index in [9.17, 15) is 9.59 Å². The van der Waals surface area contributed by atoms with Gasteiger partial charge in [-0.3, -0.25) is 4.79 Å². The van der Waals surface area contributed by atoms with Crippen molar-refractivity contribution < 1.29 is 14.3 Å². The van der Waals surface area contributed by atoms with Gasteiger partial charge in [-0.15, -0.1) is 0 Å². The number of amides is 2. The Labute approximate surface area is 130 Å². The molecule has 1 aromatic rings. The van der Waals surface area contributed by atoms with Crippen molar-refractivity contribution in [3.05, 3.63) is 29.3 Å². The van der Waals surface area contributed by atoms with Gasteiger partial charge in [0.2, 0.25) is 5.91 Å². The van der Waals surface area contributed by atoms with E-state index in [1.54, 1.807) is 0 Å². The molecule has 0 bridgehead atoms. The minimum Gasteiger partial charge on any atom is -0.444 e. The van der Waals surface area contributed by atoms with Gasteiger partial charge in [0.15, 0.2) is 0 Å². The standard InChI is InChI=1S/C17H20N2O3/c1-17(2,3)22-16(21)18-9-5-4-6-12-7-8-13-11-15(20)19-14(13)10-12/h7-8,10H,5,9,11H2,1-3H3,(H,18,21)(H,19,20). The Hall–Kier alpha value is -2.48. The van der Waals surface area contributed by atoms with Gasteiger partial charge < -0.3 is 15.4 Å². The first kappa shape index (κ1) is 15.9. The summed E-state index contributed by atoms with van der Waals surface area (Å²) >= 11 is 0. The van der Waals surface area contributed by atoms with Crippen molar-refractivity contribution in [2.45, 2.75) is 39.2 Å². The van der Waals surface area contributed by atoms with Gasteiger partial charge in [-0.25, -0.2) is 4.79 Å². The lowest BCUT2D eigenvalue weighted by molar-refractivity contribution is -0.115. The molecule has 5 heteroatoms. The van der Waals surface area contributed by atoms with Gasteiger partial charge in [0.05, 0.1) is 6.42 Å². The highest BCUT2D eigenvalue weighted by Gasteiger charge is 2.17. The van der Waals surface area contributed by atoms with Crippen LogP contribution in [0.5, 0.6) is 0 Å². The van der Waals surface area contributed by atoms with E-state index in [0.717, 1.165) is 16.8 Å². The van der Waals surface area contributed by atoms with Crippen LogP contribution in [0.2, 0.25) is 0 Å².